The van der Waals surface area contributed by atoms with E-state index in [0.29, 0.717) is 0 Å². The van der Waals surface area contributed by atoms with Gasteiger partial charge in [0.25, 0.3) is 0 Å². The van der Waals surface area contributed by atoms with Crippen molar-refractivity contribution in [1.29, 1.82) is 0 Å². The van der Waals surface area contributed by atoms with E-state index in [4.69, 9.17) is 0 Å². The molecule has 1 aromatic heterocycles. The average molecular weight is 282 g/mol. The number of aryl methyl sites for hydroxylation is 1. The maximum Gasteiger partial charge on any atom is 0.0481 e. The van der Waals surface area contributed by atoms with Crippen LogP contribution < -0.4 is 5.32 Å². The maximum absolute atomic E-state index is 3.43. The lowest BCUT2D eigenvalue weighted by molar-refractivity contribution is 1.14. The fourth-order valence-corrected chi connectivity index (χ4v) is 2.41. The minimum Gasteiger partial charge on any atom is -0.380 e. The molecule has 0 aliphatic rings. The molecule has 0 spiro atoms. The zero-order valence-electron chi connectivity index (χ0n) is 8.46. The normalized spacial score (nSPS) is 10.3. The quantitative estimate of drug-likeness (QED) is 0.878. The Balaban J connectivity index is 1.99. The van der Waals surface area contributed by atoms with Gasteiger partial charge in [0.05, 0.1) is 0 Å². The Morgan fingerprint density at radius 3 is 2.53 bits per heavy atom. The third-order valence-corrected chi connectivity index (χ3v) is 3.64. The molecule has 1 nitrogen and oxygen atoms in total. The number of halogens is 1. The molecule has 15 heavy (non-hydrogen) atoms. The van der Waals surface area contributed by atoms with E-state index in [1.165, 1.54) is 16.8 Å². The first-order valence-corrected chi connectivity index (χ1v) is 6.50. The largest absolute Gasteiger partial charge is 0.380 e. The van der Waals surface area contributed by atoms with Crippen LogP contribution in [0.3, 0.4) is 0 Å². The monoisotopic (exact) mass is 281 g/mol. The highest BCUT2D eigenvalue weighted by atomic mass is 79.9. The first kappa shape index (κ1) is 10.7. The van der Waals surface area contributed by atoms with Crippen molar-refractivity contribution in [2.75, 3.05) is 5.32 Å². The van der Waals surface area contributed by atoms with Crippen LogP contribution in [0.15, 0.2) is 39.5 Å². The molecule has 78 valence electrons. The predicted molar refractivity (Wildman–Crippen MR) is 70.5 cm³/mol. The van der Waals surface area contributed by atoms with Crippen LogP contribution in [0.1, 0.15) is 11.1 Å². The van der Waals surface area contributed by atoms with Gasteiger partial charge in [-0.15, -0.1) is 11.3 Å². The summed E-state index contributed by atoms with van der Waals surface area (Å²) in [6.45, 7) is 3.01. The Morgan fingerprint density at radius 2 is 1.93 bits per heavy atom. The highest BCUT2D eigenvalue weighted by Gasteiger charge is 1.98. The van der Waals surface area contributed by atoms with Crippen LogP contribution in [0.2, 0.25) is 0 Å². The van der Waals surface area contributed by atoms with E-state index in [-0.39, 0.29) is 0 Å². The fourth-order valence-electron chi connectivity index (χ4n) is 1.34. The number of anilines is 1. The maximum atomic E-state index is 3.43. The first-order chi connectivity index (χ1) is 7.25. The molecule has 1 heterocycles. The summed E-state index contributed by atoms with van der Waals surface area (Å²) in [5.41, 5.74) is 3.85. The minimum atomic E-state index is 0.880. The van der Waals surface area contributed by atoms with E-state index in [1.807, 2.05) is 0 Å². The molecule has 1 N–H and O–H groups in total. The standard InChI is InChI=1S/C12H12BrNS/c1-9-7-15-8-12(9)14-6-10-2-4-11(13)5-3-10/h2-5,7-8,14H,6H2,1H3. The molecular formula is C12H12BrNS. The highest BCUT2D eigenvalue weighted by Crippen LogP contribution is 2.20. The minimum absolute atomic E-state index is 0.880. The Morgan fingerprint density at radius 1 is 1.20 bits per heavy atom. The summed E-state index contributed by atoms with van der Waals surface area (Å²) in [7, 11) is 0. The van der Waals surface area contributed by atoms with Gasteiger partial charge in [0, 0.05) is 22.1 Å². The van der Waals surface area contributed by atoms with Crippen molar-refractivity contribution < 1.29 is 0 Å². The van der Waals surface area contributed by atoms with Gasteiger partial charge in [-0.2, -0.15) is 0 Å². The van der Waals surface area contributed by atoms with Gasteiger partial charge in [0.1, 0.15) is 0 Å². The molecule has 0 amide bonds. The zero-order chi connectivity index (χ0) is 10.7. The summed E-state index contributed by atoms with van der Waals surface area (Å²) in [6, 6.07) is 8.38. The van der Waals surface area contributed by atoms with E-state index < -0.39 is 0 Å². The van der Waals surface area contributed by atoms with E-state index in [0.717, 1.165) is 11.0 Å². The number of benzene rings is 1. The molecule has 0 fully saturated rings. The Hall–Kier alpha value is -0.800. The number of hydrogen-bond acceptors (Lipinski definition) is 2. The summed E-state index contributed by atoms with van der Waals surface area (Å²) in [6.07, 6.45) is 0. The summed E-state index contributed by atoms with van der Waals surface area (Å²) in [5, 5.41) is 7.73. The molecule has 0 radical (unpaired) electrons. The van der Waals surface area contributed by atoms with Crippen molar-refractivity contribution in [1.82, 2.24) is 0 Å². The van der Waals surface area contributed by atoms with Crippen molar-refractivity contribution in [2.45, 2.75) is 13.5 Å². The zero-order valence-corrected chi connectivity index (χ0v) is 10.9. The molecular weight excluding hydrogens is 270 g/mol. The summed E-state index contributed by atoms with van der Waals surface area (Å²) < 4.78 is 1.12. The third kappa shape index (κ3) is 2.83. The van der Waals surface area contributed by atoms with Crippen molar-refractivity contribution in [3.05, 3.63) is 50.6 Å². The predicted octanol–water partition coefficient (Wildman–Crippen LogP) is 4.43. The van der Waals surface area contributed by atoms with Gasteiger partial charge in [0.2, 0.25) is 0 Å². The van der Waals surface area contributed by atoms with Crippen LogP contribution >= 0.6 is 27.3 Å². The van der Waals surface area contributed by atoms with E-state index >= 15 is 0 Å². The first-order valence-electron chi connectivity index (χ1n) is 4.77. The lowest BCUT2D eigenvalue weighted by atomic mass is 10.2. The van der Waals surface area contributed by atoms with E-state index in [9.17, 15) is 0 Å². The van der Waals surface area contributed by atoms with Gasteiger partial charge in [-0.25, -0.2) is 0 Å². The second-order valence-corrected chi connectivity index (χ2v) is 5.11. The smallest absolute Gasteiger partial charge is 0.0481 e. The van der Waals surface area contributed by atoms with Crippen LogP contribution in [0, 0.1) is 6.92 Å². The molecule has 2 aromatic rings. The molecule has 0 unspecified atom stereocenters. The van der Waals surface area contributed by atoms with Gasteiger partial charge < -0.3 is 5.32 Å². The van der Waals surface area contributed by atoms with Gasteiger partial charge in [-0.3, -0.25) is 0 Å². The molecule has 0 atom stereocenters. The molecule has 3 heteroatoms. The van der Waals surface area contributed by atoms with Crippen LogP contribution in [-0.4, -0.2) is 0 Å². The summed E-state index contributed by atoms with van der Waals surface area (Å²) in [5.74, 6) is 0. The van der Waals surface area contributed by atoms with Crippen molar-refractivity contribution in [3.8, 4) is 0 Å². The summed E-state index contributed by atoms with van der Waals surface area (Å²) in [4.78, 5) is 0. The molecule has 0 aliphatic heterocycles. The van der Waals surface area contributed by atoms with Crippen LogP contribution in [0.5, 0.6) is 0 Å². The van der Waals surface area contributed by atoms with Crippen LogP contribution in [0.25, 0.3) is 0 Å². The van der Waals surface area contributed by atoms with Gasteiger partial charge in [0.15, 0.2) is 0 Å². The molecule has 0 saturated heterocycles. The number of rotatable bonds is 3. The number of thiophene rings is 1. The van der Waals surface area contributed by atoms with Gasteiger partial charge in [-0.05, 0) is 35.6 Å². The number of nitrogens with one attached hydrogen (secondary N) is 1. The summed E-state index contributed by atoms with van der Waals surface area (Å²) >= 11 is 5.16. The Labute approximate surface area is 102 Å². The van der Waals surface area contributed by atoms with Crippen molar-refractivity contribution >= 4 is 33.0 Å². The second kappa shape index (κ2) is 4.81. The van der Waals surface area contributed by atoms with Crippen LogP contribution in [0.4, 0.5) is 5.69 Å². The molecule has 2 rings (SSSR count). The van der Waals surface area contributed by atoms with Gasteiger partial charge in [-0.1, -0.05) is 28.1 Å². The Kier molecular flexibility index (Phi) is 3.44. The topological polar surface area (TPSA) is 12.0 Å². The molecule has 1 aromatic carbocycles. The highest BCUT2D eigenvalue weighted by molar-refractivity contribution is 9.10. The fraction of sp³-hybridized carbons (Fsp3) is 0.167. The average Bonchev–Trinajstić information content (AvgIpc) is 2.63. The second-order valence-electron chi connectivity index (χ2n) is 3.45. The SMILES string of the molecule is Cc1cscc1NCc1ccc(Br)cc1. The lowest BCUT2D eigenvalue weighted by Crippen LogP contribution is -1.98. The van der Waals surface area contributed by atoms with E-state index in [1.54, 1.807) is 11.3 Å². The Bertz CT molecular complexity index is 433. The van der Waals surface area contributed by atoms with Gasteiger partial charge >= 0.3 is 0 Å². The molecule has 0 aliphatic carbocycles. The van der Waals surface area contributed by atoms with Crippen molar-refractivity contribution in [2.24, 2.45) is 0 Å². The van der Waals surface area contributed by atoms with E-state index in [2.05, 4.69) is 63.2 Å². The number of hydrogen-bond donors (Lipinski definition) is 1. The third-order valence-electron chi connectivity index (χ3n) is 2.25. The lowest BCUT2D eigenvalue weighted by Gasteiger charge is -2.05. The molecule has 0 saturated carbocycles. The van der Waals surface area contributed by atoms with Crippen molar-refractivity contribution in [3.63, 3.8) is 0 Å². The van der Waals surface area contributed by atoms with Crippen LogP contribution in [-0.2, 0) is 6.54 Å². The molecule has 0 bridgehead atoms.